The Labute approximate surface area is 99.1 Å². The summed E-state index contributed by atoms with van der Waals surface area (Å²) in [5.74, 6) is -2.25. The van der Waals surface area contributed by atoms with Gasteiger partial charge >= 0.3 is 5.97 Å². The minimum atomic E-state index is -1.85. The van der Waals surface area contributed by atoms with Gasteiger partial charge in [-0.3, -0.25) is 4.79 Å². The van der Waals surface area contributed by atoms with Crippen LogP contribution >= 0.6 is 0 Å². The first-order chi connectivity index (χ1) is 8.12. The molecule has 1 aliphatic rings. The van der Waals surface area contributed by atoms with Crippen molar-refractivity contribution < 1.29 is 14.3 Å². The average Bonchev–Trinajstić information content (AvgIpc) is 2.30. The van der Waals surface area contributed by atoms with E-state index in [0.29, 0.717) is 0 Å². The number of hydrogen-bond donors (Lipinski definition) is 1. The molecule has 17 heavy (non-hydrogen) atoms. The van der Waals surface area contributed by atoms with Crippen LogP contribution in [0.5, 0.6) is 0 Å². The number of rotatable bonds is 3. The normalized spacial score (nSPS) is 27.0. The first-order valence-corrected chi connectivity index (χ1v) is 5.43. The Morgan fingerprint density at radius 1 is 1.29 bits per heavy atom. The minimum absolute atomic E-state index is 0.0750. The molecule has 0 bridgehead atoms. The third-order valence-electron chi connectivity index (χ3n) is 2.89. The fourth-order valence-corrected chi connectivity index (χ4v) is 2.02. The smallest absolute Gasteiger partial charge is 0.314 e. The molecule has 88 valence electrons. The van der Waals surface area contributed by atoms with Crippen LogP contribution < -0.4 is 0 Å². The van der Waals surface area contributed by atoms with Gasteiger partial charge in [-0.2, -0.15) is 0 Å². The zero-order valence-corrected chi connectivity index (χ0v) is 9.21. The van der Waals surface area contributed by atoms with Crippen molar-refractivity contribution in [2.45, 2.75) is 12.1 Å². The van der Waals surface area contributed by atoms with E-state index in [9.17, 15) is 9.18 Å². The topological polar surface area (TPSA) is 37.3 Å². The molecule has 0 aromatic heterocycles. The predicted molar refractivity (Wildman–Crippen MR) is 63.4 cm³/mol. The lowest BCUT2D eigenvalue weighted by molar-refractivity contribution is -0.143. The van der Waals surface area contributed by atoms with Crippen LogP contribution in [0.3, 0.4) is 0 Å². The number of halogens is 1. The summed E-state index contributed by atoms with van der Waals surface area (Å²) in [7, 11) is 0. The molecule has 3 heteroatoms. The van der Waals surface area contributed by atoms with Crippen molar-refractivity contribution in [3.05, 3.63) is 60.2 Å². The van der Waals surface area contributed by atoms with Gasteiger partial charge in [-0.25, -0.2) is 4.39 Å². The fourth-order valence-electron chi connectivity index (χ4n) is 2.02. The molecule has 0 saturated heterocycles. The molecule has 0 fully saturated rings. The van der Waals surface area contributed by atoms with Crippen molar-refractivity contribution in [3.8, 4) is 0 Å². The third kappa shape index (κ3) is 2.44. The highest BCUT2D eigenvalue weighted by molar-refractivity contribution is 5.75. The molecule has 0 radical (unpaired) electrons. The van der Waals surface area contributed by atoms with Gasteiger partial charge in [0.25, 0.3) is 0 Å². The van der Waals surface area contributed by atoms with E-state index in [-0.39, 0.29) is 6.42 Å². The highest BCUT2D eigenvalue weighted by Crippen LogP contribution is 2.32. The van der Waals surface area contributed by atoms with Gasteiger partial charge in [0.15, 0.2) is 0 Å². The van der Waals surface area contributed by atoms with Crippen molar-refractivity contribution in [1.29, 1.82) is 0 Å². The van der Waals surface area contributed by atoms with Gasteiger partial charge in [0.2, 0.25) is 0 Å². The molecule has 1 aromatic carbocycles. The fraction of sp³-hybridized carbons (Fsp3) is 0.214. The second-order valence-corrected chi connectivity index (χ2v) is 4.15. The maximum Gasteiger partial charge on any atom is 0.314 e. The molecule has 2 rings (SSSR count). The van der Waals surface area contributed by atoms with E-state index in [1.807, 2.05) is 18.2 Å². The van der Waals surface area contributed by atoms with Gasteiger partial charge in [-0.1, -0.05) is 48.6 Å². The summed E-state index contributed by atoms with van der Waals surface area (Å²) >= 11 is 0. The summed E-state index contributed by atoms with van der Waals surface area (Å²) in [6, 6.07) is 9.08. The highest BCUT2D eigenvalue weighted by atomic mass is 19.1. The number of carboxylic acids is 1. The van der Waals surface area contributed by atoms with Crippen molar-refractivity contribution in [2.75, 3.05) is 0 Å². The van der Waals surface area contributed by atoms with Crippen molar-refractivity contribution in [1.82, 2.24) is 0 Å². The molecule has 0 aliphatic heterocycles. The Balaban J connectivity index is 2.25. The van der Waals surface area contributed by atoms with E-state index in [1.54, 1.807) is 24.3 Å². The third-order valence-corrected chi connectivity index (χ3v) is 2.89. The van der Waals surface area contributed by atoms with E-state index < -0.39 is 17.6 Å². The Hall–Kier alpha value is -1.90. The van der Waals surface area contributed by atoms with Gasteiger partial charge < -0.3 is 5.11 Å². The van der Waals surface area contributed by atoms with Gasteiger partial charge in [0, 0.05) is 6.42 Å². The van der Waals surface area contributed by atoms with Crippen LogP contribution in [0.2, 0.25) is 0 Å². The number of carboxylic acid groups (broad SMARTS) is 1. The SMILES string of the molecule is O=C(O)C1C=CC=CC1(F)Cc1ccccc1. The molecule has 0 spiro atoms. The number of allylic oxidation sites excluding steroid dienone is 3. The van der Waals surface area contributed by atoms with Crippen molar-refractivity contribution in [2.24, 2.45) is 5.92 Å². The summed E-state index contributed by atoms with van der Waals surface area (Å²) in [5.41, 5.74) is -1.05. The van der Waals surface area contributed by atoms with Crippen LogP contribution in [0.15, 0.2) is 54.6 Å². The summed E-state index contributed by atoms with van der Waals surface area (Å²) in [5, 5.41) is 9.03. The average molecular weight is 232 g/mol. The summed E-state index contributed by atoms with van der Waals surface area (Å²) < 4.78 is 14.7. The number of aliphatic carboxylic acids is 1. The Kier molecular flexibility index (Phi) is 3.09. The molecule has 2 unspecified atom stereocenters. The van der Waals surface area contributed by atoms with Crippen LogP contribution in [-0.2, 0) is 11.2 Å². The number of carbonyl (C=O) groups is 1. The molecule has 0 heterocycles. The second-order valence-electron chi connectivity index (χ2n) is 4.15. The zero-order valence-electron chi connectivity index (χ0n) is 9.21. The van der Waals surface area contributed by atoms with E-state index in [1.165, 1.54) is 12.2 Å². The van der Waals surface area contributed by atoms with E-state index >= 15 is 0 Å². The Bertz CT molecular complexity index is 464. The molecule has 0 amide bonds. The molecule has 2 nitrogen and oxygen atoms in total. The second kappa shape index (κ2) is 4.53. The molecule has 0 saturated carbocycles. The van der Waals surface area contributed by atoms with Gasteiger partial charge in [0.05, 0.1) is 0 Å². The summed E-state index contributed by atoms with van der Waals surface area (Å²) in [4.78, 5) is 11.0. The van der Waals surface area contributed by atoms with E-state index in [2.05, 4.69) is 0 Å². The van der Waals surface area contributed by atoms with Gasteiger partial charge in [0.1, 0.15) is 11.6 Å². The summed E-state index contributed by atoms with van der Waals surface area (Å²) in [6.07, 6.45) is 5.93. The van der Waals surface area contributed by atoms with E-state index in [4.69, 9.17) is 5.11 Å². The first-order valence-electron chi connectivity index (χ1n) is 5.43. The largest absolute Gasteiger partial charge is 0.481 e. The maximum atomic E-state index is 14.7. The standard InChI is InChI=1S/C14H13FO2/c15-14(10-11-6-2-1-3-7-11)9-5-4-8-12(14)13(16)17/h1-9,12H,10H2,(H,16,17). The number of benzene rings is 1. The molecule has 1 aromatic rings. The predicted octanol–water partition coefficient (Wildman–Crippen LogP) is 2.76. The number of hydrogen-bond acceptors (Lipinski definition) is 1. The maximum absolute atomic E-state index is 14.7. The van der Waals surface area contributed by atoms with Crippen LogP contribution in [0.1, 0.15) is 5.56 Å². The van der Waals surface area contributed by atoms with Crippen molar-refractivity contribution in [3.63, 3.8) is 0 Å². The molecule has 2 atom stereocenters. The van der Waals surface area contributed by atoms with Gasteiger partial charge in [-0.15, -0.1) is 0 Å². The Morgan fingerprint density at radius 2 is 2.00 bits per heavy atom. The zero-order chi connectivity index (χ0) is 12.3. The van der Waals surface area contributed by atoms with Crippen LogP contribution in [0.25, 0.3) is 0 Å². The monoisotopic (exact) mass is 232 g/mol. The van der Waals surface area contributed by atoms with Crippen LogP contribution in [0.4, 0.5) is 4.39 Å². The first kappa shape index (κ1) is 11.6. The lowest BCUT2D eigenvalue weighted by Gasteiger charge is -2.28. The molecular formula is C14H13FO2. The van der Waals surface area contributed by atoms with E-state index in [0.717, 1.165) is 5.56 Å². The summed E-state index contributed by atoms with van der Waals surface area (Å²) in [6.45, 7) is 0. The molecule has 1 aliphatic carbocycles. The molecule has 1 N–H and O–H groups in total. The lowest BCUT2D eigenvalue weighted by atomic mass is 9.81. The lowest BCUT2D eigenvalue weighted by Crippen LogP contribution is -2.38. The quantitative estimate of drug-likeness (QED) is 0.870. The number of alkyl halides is 1. The van der Waals surface area contributed by atoms with Crippen LogP contribution in [-0.4, -0.2) is 16.7 Å². The Morgan fingerprint density at radius 3 is 2.65 bits per heavy atom. The van der Waals surface area contributed by atoms with Crippen LogP contribution in [0, 0.1) is 5.92 Å². The molecular weight excluding hydrogens is 219 g/mol. The van der Waals surface area contributed by atoms with Gasteiger partial charge in [-0.05, 0) is 11.6 Å². The highest BCUT2D eigenvalue weighted by Gasteiger charge is 2.41. The van der Waals surface area contributed by atoms with Crippen molar-refractivity contribution >= 4 is 5.97 Å². The minimum Gasteiger partial charge on any atom is -0.481 e.